The van der Waals surface area contributed by atoms with E-state index >= 15 is 0 Å². The molecule has 13 heteroatoms. The average Bonchev–Trinajstić information content (AvgIpc) is 2.78. The van der Waals surface area contributed by atoms with Crippen molar-refractivity contribution in [1.82, 2.24) is 0 Å². The van der Waals surface area contributed by atoms with Gasteiger partial charge in [-0.3, -0.25) is 13.8 Å². The van der Waals surface area contributed by atoms with Crippen LogP contribution in [0.15, 0.2) is 71.6 Å². The molecule has 0 saturated heterocycles. The van der Waals surface area contributed by atoms with Crippen molar-refractivity contribution in [2.24, 2.45) is 0 Å². The minimum atomic E-state index is -3.90. The van der Waals surface area contributed by atoms with Crippen LogP contribution in [0.25, 0.3) is 0 Å². The van der Waals surface area contributed by atoms with Crippen LogP contribution in [0.3, 0.4) is 0 Å². The molecule has 0 aliphatic carbocycles. The van der Waals surface area contributed by atoms with Gasteiger partial charge in [-0.1, -0.05) is 29.3 Å². The number of halogens is 2. The molecule has 0 unspecified atom stereocenters. The maximum atomic E-state index is 12.9. The highest BCUT2D eigenvalue weighted by atomic mass is 35.5. The van der Waals surface area contributed by atoms with Crippen molar-refractivity contribution in [3.8, 4) is 5.75 Å². The number of hydrogen-bond donors (Lipinski definition) is 2. The summed E-state index contributed by atoms with van der Waals surface area (Å²) in [5, 5.41) is 3.16. The van der Waals surface area contributed by atoms with Gasteiger partial charge >= 0.3 is 0 Å². The first-order chi connectivity index (χ1) is 16.8. The second kappa shape index (κ2) is 11.0. The van der Waals surface area contributed by atoms with E-state index in [1.165, 1.54) is 62.6 Å². The Morgan fingerprint density at radius 3 is 2.17 bits per heavy atom. The molecule has 0 spiro atoms. The highest BCUT2D eigenvalue weighted by molar-refractivity contribution is 7.92. The second-order valence-corrected chi connectivity index (χ2v) is 12.1. The van der Waals surface area contributed by atoms with Crippen LogP contribution in [-0.4, -0.2) is 42.2 Å². The van der Waals surface area contributed by atoms with Crippen molar-refractivity contribution >= 4 is 66.2 Å². The predicted molar refractivity (Wildman–Crippen MR) is 142 cm³/mol. The molecule has 0 aliphatic rings. The molecule has 0 saturated carbocycles. The number of anilines is 3. The van der Waals surface area contributed by atoms with E-state index in [1.807, 2.05) is 0 Å². The molecule has 9 nitrogen and oxygen atoms in total. The van der Waals surface area contributed by atoms with Gasteiger partial charge in [-0.05, 0) is 67.6 Å². The zero-order valence-corrected chi connectivity index (χ0v) is 22.5. The van der Waals surface area contributed by atoms with Crippen LogP contribution < -0.4 is 19.1 Å². The lowest BCUT2D eigenvalue weighted by Gasteiger charge is -2.28. The van der Waals surface area contributed by atoms with Gasteiger partial charge in [0, 0.05) is 10.7 Å². The van der Waals surface area contributed by atoms with Crippen LogP contribution in [0.4, 0.5) is 17.1 Å². The first-order valence-electron chi connectivity index (χ1n) is 10.3. The van der Waals surface area contributed by atoms with Crippen molar-refractivity contribution in [2.75, 3.05) is 27.7 Å². The van der Waals surface area contributed by atoms with E-state index in [9.17, 15) is 21.6 Å². The normalized spacial score (nSPS) is 12.5. The van der Waals surface area contributed by atoms with Gasteiger partial charge in [0.25, 0.3) is 10.0 Å². The molecular formula is C23H23Cl2N3O6S2. The number of nitrogens with one attached hydrogen (secondary N) is 2. The summed E-state index contributed by atoms with van der Waals surface area (Å²) >= 11 is 12.0. The maximum Gasteiger partial charge on any atom is 0.261 e. The lowest BCUT2D eigenvalue weighted by atomic mass is 10.2. The minimum Gasteiger partial charge on any atom is -0.495 e. The van der Waals surface area contributed by atoms with Gasteiger partial charge < -0.3 is 10.1 Å². The number of carbonyl (C=O) groups excluding carboxylic acids is 1. The number of nitrogens with zero attached hydrogens (tertiary/aromatic N) is 1. The fourth-order valence-electron chi connectivity index (χ4n) is 3.33. The van der Waals surface area contributed by atoms with E-state index in [-0.39, 0.29) is 21.3 Å². The van der Waals surface area contributed by atoms with E-state index in [2.05, 4.69) is 10.0 Å². The van der Waals surface area contributed by atoms with Gasteiger partial charge in [-0.2, -0.15) is 0 Å². The quantitative estimate of drug-likeness (QED) is 0.387. The third-order valence-corrected chi connectivity index (χ3v) is 8.16. The minimum absolute atomic E-state index is 0.0424. The Hall–Kier alpha value is -2.99. The van der Waals surface area contributed by atoms with E-state index in [0.29, 0.717) is 16.5 Å². The average molecular weight is 572 g/mol. The Morgan fingerprint density at radius 2 is 1.61 bits per heavy atom. The Balaban J connectivity index is 1.78. The summed E-state index contributed by atoms with van der Waals surface area (Å²) in [6.07, 6.45) is 0.974. The second-order valence-electron chi connectivity index (χ2n) is 7.68. The third kappa shape index (κ3) is 6.61. The lowest BCUT2D eigenvalue weighted by Crippen LogP contribution is -2.45. The zero-order valence-electron chi connectivity index (χ0n) is 19.4. The fraction of sp³-hybridized carbons (Fsp3) is 0.174. The first kappa shape index (κ1) is 27.6. The van der Waals surface area contributed by atoms with Crippen LogP contribution in [0.2, 0.25) is 10.0 Å². The molecule has 0 heterocycles. The number of benzene rings is 3. The molecule has 0 radical (unpaired) electrons. The topological polar surface area (TPSA) is 122 Å². The van der Waals surface area contributed by atoms with Crippen molar-refractivity contribution < 1.29 is 26.4 Å². The van der Waals surface area contributed by atoms with Gasteiger partial charge in [-0.25, -0.2) is 16.8 Å². The molecule has 192 valence electrons. The summed E-state index contributed by atoms with van der Waals surface area (Å²) in [5.41, 5.74) is 0.752. The monoisotopic (exact) mass is 571 g/mol. The molecule has 2 N–H and O–H groups in total. The number of carbonyl (C=O) groups is 1. The molecule has 3 aromatic rings. The SMILES string of the molecule is COc1ccc(N([C@H](C)C(=O)Nc2ccc(S(=O)(=O)Nc3cccc(Cl)c3)cc2)S(C)(=O)=O)cc1Cl. The third-order valence-electron chi connectivity index (χ3n) is 4.99. The molecule has 36 heavy (non-hydrogen) atoms. The summed E-state index contributed by atoms with van der Waals surface area (Å²) in [4.78, 5) is 12.9. The summed E-state index contributed by atoms with van der Waals surface area (Å²) in [6, 6.07) is 14.9. The first-order valence-corrected chi connectivity index (χ1v) is 14.4. The number of rotatable bonds is 9. The summed E-state index contributed by atoms with van der Waals surface area (Å²) in [5.74, 6) is -0.286. The zero-order chi connectivity index (χ0) is 26.7. The largest absolute Gasteiger partial charge is 0.495 e. The van der Waals surface area contributed by atoms with Crippen LogP contribution in [0, 0.1) is 0 Å². The van der Waals surface area contributed by atoms with Crippen molar-refractivity contribution in [2.45, 2.75) is 17.9 Å². The number of methoxy groups -OCH3 is 1. The van der Waals surface area contributed by atoms with Crippen molar-refractivity contribution in [3.05, 3.63) is 76.8 Å². The molecule has 0 fully saturated rings. The van der Waals surface area contributed by atoms with Gasteiger partial charge in [0.15, 0.2) is 0 Å². The molecule has 3 rings (SSSR count). The molecule has 1 amide bonds. The van der Waals surface area contributed by atoms with Gasteiger partial charge in [-0.15, -0.1) is 0 Å². The molecular weight excluding hydrogens is 549 g/mol. The van der Waals surface area contributed by atoms with Gasteiger partial charge in [0.05, 0.1) is 34.7 Å². The highest BCUT2D eigenvalue weighted by Gasteiger charge is 2.30. The highest BCUT2D eigenvalue weighted by Crippen LogP contribution is 2.31. The van der Waals surface area contributed by atoms with Crippen molar-refractivity contribution in [1.29, 1.82) is 0 Å². The Bertz CT molecular complexity index is 1480. The summed E-state index contributed by atoms with van der Waals surface area (Å²) < 4.78 is 58.8. The van der Waals surface area contributed by atoms with E-state index < -0.39 is 32.0 Å². The number of sulfonamides is 2. The smallest absolute Gasteiger partial charge is 0.261 e. The van der Waals surface area contributed by atoms with Crippen LogP contribution in [-0.2, 0) is 24.8 Å². The van der Waals surface area contributed by atoms with E-state index in [0.717, 1.165) is 10.6 Å². The standard InChI is InChI=1S/C23H23Cl2N3O6S2/c1-15(28(35(3,30)31)19-9-12-22(34-2)21(25)14-19)23(29)26-17-7-10-20(11-8-17)36(32,33)27-18-6-4-5-16(24)13-18/h4-15,27H,1-3H3,(H,26,29)/t15-/m1/s1. The molecule has 0 bridgehead atoms. The Kier molecular flexibility index (Phi) is 8.40. The fourth-order valence-corrected chi connectivity index (χ4v) is 5.99. The predicted octanol–water partition coefficient (Wildman–Crippen LogP) is 4.60. The van der Waals surface area contributed by atoms with Gasteiger partial charge in [0.2, 0.25) is 15.9 Å². The Labute approximate surface area is 220 Å². The maximum absolute atomic E-state index is 12.9. The lowest BCUT2D eigenvalue weighted by molar-refractivity contribution is -0.116. The summed E-state index contributed by atoms with van der Waals surface area (Å²) in [6.45, 7) is 1.42. The van der Waals surface area contributed by atoms with Crippen molar-refractivity contribution in [3.63, 3.8) is 0 Å². The van der Waals surface area contributed by atoms with Crippen LogP contribution >= 0.6 is 23.2 Å². The van der Waals surface area contributed by atoms with E-state index in [4.69, 9.17) is 27.9 Å². The Morgan fingerprint density at radius 1 is 0.944 bits per heavy atom. The molecule has 3 aromatic carbocycles. The van der Waals surface area contributed by atoms with Gasteiger partial charge in [0.1, 0.15) is 11.8 Å². The molecule has 0 aromatic heterocycles. The molecule has 0 aliphatic heterocycles. The van der Waals surface area contributed by atoms with Crippen LogP contribution in [0.5, 0.6) is 5.75 Å². The van der Waals surface area contributed by atoms with Crippen LogP contribution in [0.1, 0.15) is 6.92 Å². The summed E-state index contributed by atoms with van der Waals surface area (Å²) in [7, 11) is -6.35. The molecule has 1 atom stereocenters. The number of ether oxygens (including phenoxy) is 1. The van der Waals surface area contributed by atoms with E-state index in [1.54, 1.807) is 18.2 Å². The number of hydrogen-bond acceptors (Lipinski definition) is 6. The number of amides is 1.